The lowest BCUT2D eigenvalue weighted by Crippen LogP contribution is -2.59. The molecule has 23 heavy (non-hydrogen) atoms. The van der Waals surface area contributed by atoms with Crippen LogP contribution in [0.25, 0.3) is 4.85 Å². The fourth-order valence-corrected chi connectivity index (χ4v) is 3.56. The molecular formula is C19H30N3O+. The predicted octanol–water partition coefficient (Wildman–Crippen LogP) is 4.45. The number of quaternary nitrogens is 1. The van der Waals surface area contributed by atoms with E-state index < -0.39 is 0 Å². The van der Waals surface area contributed by atoms with E-state index in [9.17, 15) is 4.79 Å². The molecule has 0 aliphatic carbocycles. The number of anilines is 1. The summed E-state index contributed by atoms with van der Waals surface area (Å²) in [5, 5.41) is 3.13. The van der Waals surface area contributed by atoms with Crippen molar-refractivity contribution in [2.24, 2.45) is 0 Å². The third-order valence-corrected chi connectivity index (χ3v) is 5.13. The Bertz CT molecular complexity index is 566. The van der Waals surface area contributed by atoms with Crippen molar-refractivity contribution >= 4 is 17.3 Å². The Balaban J connectivity index is 3.13. The summed E-state index contributed by atoms with van der Waals surface area (Å²) in [6.07, 6.45) is 0.819. The van der Waals surface area contributed by atoms with E-state index in [4.69, 9.17) is 6.57 Å². The topological polar surface area (TPSA) is 33.5 Å². The number of nitrogens with one attached hydrogen (secondary N) is 1. The quantitative estimate of drug-likeness (QED) is 0.585. The molecule has 4 heteroatoms. The third kappa shape index (κ3) is 3.92. The Morgan fingerprint density at radius 3 is 1.96 bits per heavy atom. The van der Waals surface area contributed by atoms with Crippen LogP contribution in [0.15, 0.2) is 12.1 Å². The van der Waals surface area contributed by atoms with Crippen LogP contribution < -0.4 is 5.32 Å². The van der Waals surface area contributed by atoms with Crippen LogP contribution in [0.4, 0.5) is 11.4 Å². The van der Waals surface area contributed by atoms with E-state index >= 15 is 0 Å². The molecule has 0 fully saturated rings. The minimum absolute atomic E-state index is 0.0469. The summed E-state index contributed by atoms with van der Waals surface area (Å²) in [5.41, 5.74) is 3.36. The molecule has 0 bridgehead atoms. The molecular weight excluding hydrogens is 286 g/mol. The van der Waals surface area contributed by atoms with Crippen LogP contribution in [0.1, 0.15) is 45.2 Å². The average molecular weight is 316 g/mol. The van der Waals surface area contributed by atoms with Crippen LogP contribution in [0.2, 0.25) is 0 Å². The molecule has 1 aromatic rings. The molecule has 0 spiro atoms. The number of hydrogen-bond acceptors (Lipinski definition) is 1. The normalized spacial score (nSPS) is 12.6. The zero-order chi connectivity index (χ0) is 17.6. The molecule has 4 nitrogen and oxygen atoms in total. The van der Waals surface area contributed by atoms with Gasteiger partial charge in [0.1, 0.15) is 0 Å². The highest BCUT2D eigenvalue weighted by Gasteiger charge is 2.37. The SMILES string of the molecule is [C-]#[N+]c1cc(C)c(NC(=O)C(CC)[N+](CC)(CC)CC)c(C)c1. The van der Waals surface area contributed by atoms with Crippen LogP contribution in [0.3, 0.4) is 0 Å². The number of nitrogens with zero attached hydrogens (tertiary/aromatic N) is 2. The molecule has 0 aromatic heterocycles. The van der Waals surface area contributed by atoms with Gasteiger partial charge in [0.25, 0.3) is 5.91 Å². The largest absolute Gasteiger partial charge is 0.321 e. The van der Waals surface area contributed by atoms with Gasteiger partial charge < -0.3 is 9.80 Å². The number of hydrogen-bond donors (Lipinski definition) is 1. The minimum Gasteiger partial charge on any atom is -0.321 e. The number of amides is 1. The maximum atomic E-state index is 12.9. The molecule has 0 saturated heterocycles. The lowest BCUT2D eigenvalue weighted by molar-refractivity contribution is -0.938. The Kier molecular flexibility index (Phi) is 6.78. The first-order valence-electron chi connectivity index (χ1n) is 8.54. The van der Waals surface area contributed by atoms with Crippen LogP contribution >= 0.6 is 0 Å². The molecule has 1 N–H and O–H groups in total. The molecule has 1 amide bonds. The highest BCUT2D eigenvalue weighted by molar-refractivity contribution is 5.95. The molecule has 0 saturated carbocycles. The molecule has 0 heterocycles. The molecule has 0 aliphatic heterocycles. The van der Waals surface area contributed by atoms with Crippen LogP contribution in [0.5, 0.6) is 0 Å². The van der Waals surface area contributed by atoms with E-state index in [-0.39, 0.29) is 11.9 Å². The summed E-state index contributed by atoms with van der Waals surface area (Å²) in [6, 6.07) is 3.62. The van der Waals surface area contributed by atoms with Crippen molar-refractivity contribution in [3.63, 3.8) is 0 Å². The van der Waals surface area contributed by atoms with E-state index in [0.717, 1.165) is 47.4 Å². The van der Waals surface area contributed by atoms with E-state index in [1.807, 2.05) is 26.0 Å². The van der Waals surface area contributed by atoms with Gasteiger partial charge in [-0.2, -0.15) is 0 Å². The lowest BCUT2D eigenvalue weighted by Gasteiger charge is -2.41. The van der Waals surface area contributed by atoms with Gasteiger partial charge in [0.05, 0.1) is 26.2 Å². The summed E-state index contributed by atoms with van der Waals surface area (Å²) in [4.78, 5) is 16.4. The van der Waals surface area contributed by atoms with Crippen molar-refractivity contribution < 1.29 is 9.28 Å². The number of benzene rings is 1. The van der Waals surface area contributed by atoms with Crippen molar-refractivity contribution in [3.05, 3.63) is 34.7 Å². The first kappa shape index (κ1) is 19.2. The van der Waals surface area contributed by atoms with E-state index in [0.29, 0.717) is 5.69 Å². The van der Waals surface area contributed by atoms with Gasteiger partial charge in [-0.3, -0.25) is 4.79 Å². The van der Waals surface area contributed by atoms with Gasteiger partial charge in [0.2, 0.25) is 0 Å². The van der Waals surface area contributed by atoms with Gasteiger partial charge in [-0.05, 0) is 45.7 Å². The zero-order valence-electron chi connectivity index (χ0n) is 15.4. The van der Waals surface area contributed by atoms with E-state index in [2.05, 4.69) is 37.9 Å². The fraction of sp³-hybridized carbons (Fsp3) is 0.579. The van der Waals surface area contributed by atoms with E-state index in [1.165, 1.54) is 0 Å². The van der Waals surface area contributed by atoms with Gasteiger partial charge >= 0.3 is 0 Å². The fourth-order valence-electron chi connectivity index (χ4n) is 3.56. The van der Waals surface area contributed by atoms with Crippen LogP contribution in [-0.4, -0.2) is 36.1 Å². The molecule has 0 aliphatic rings. The summed E-state index contributed by atoms with van der Waals surface area (Å²) < 4.78 is 0.806. The van der Waals surface area contributed by atoms with Gasteiger partial charge in [0, 0.05) is 12.1 Å². The highest BCUT2D eigenvalue weighted by Crippen LogP contribution is 2.28. The standard InChI is InChI=1S/C19H29N3O/c1-8-17(22(9-2,10-3)11-4)19(23)21-18-14(5)12-16(20-7)13-15(18)6/h12-13,17H,8-11H2,1-6H3/p+1. The summed E-state index contributed by atoms with van der Waals surface area (Å²) in [5.74, 6) is 0.0832. The van der Waals surface area contributed by atoms with Crippen molar-refractivity contribution in [2.75, 3.05) is 25.0 Å². The van der Waals surface area contributed by atoms with Gasteiger partial charge in [-0.25, -0.2) is 4.85 Å². The minimum atomic E-state index is -0.0469. The summed E-state index contributed by atoms with van der Waals surface area (Å²) in [7, 11) is 0. The van der Waals surface area contributed by atoms with Crippen LogP contribution in [0, 0.1) is 20.4 Å². The summed E-state index contributed by atoms with van der Waals surface area (Å²) in [6.45, 7) is 22.4. The maximum absolute atomic E-state index is 12.9. The first-order valence-corrected chi connectivity index (χ1v) is 8.54. The lowest BCUT2D eigenvalue weighted by atomic mass is 10.0. The van der Waals surface area contributed by atoms with Crippen molar-refractivity contribution in [2.45, 2.75) is 54.0 Å². The van der Waals surface area contributed by atoms with Gasteiger partial charge in [0.15, 0.2) is 11.7 Å². The molecule has 126 valence electrons. The highest BCUT2D eigenvalue weighted by atomic mass is 16.2. The molecule has 1 unspecified atom stereocenters. The molecule has 1 aromatic carbocycles. The Labute approximate surface area is 140 Å². The number of likely N-dealkylation sites (N-methyl/N-ethyl adjacent to an activating group) is 1. The van der Waals surface area contributed by atoms with Gasteiger partial charge in [-0.1, -0.05) is 19.1 Å². The van der Waals surface area contributed by atoms with E-state index in [1.54, 1.807) is 0 Å². The average Bonchev–Trinajstić information content (AvgIpc) is 2.55. The second-order valence-corrected chi connectivity index (χ2v) is 6.15. The Morgan fingerprint density at radius 1 is 1.13 bits per heavy atom. The molecule has 1 atom stereocenters. The smallest absolute Gasteiger partial charge is 0.282 e. The van der Waals surface area contributed by atoms with Crippen molar-refractivity contribution in [1.29, 1.82) is 0 Å². The number of carbonyl (C=O) groups is 1. The van der Waals surface area contributed by atoms with Crippen molar-refractivity contribution in [1.82, 2.24) is 0 Å². The first-order chi connectivity index (χ1) is 10.9. The summed E-state index contributed by atoms with van der Waals surface area (Å²) >= 11 is 0. The number of rotatable bonds is 7. The zero-order valence-corrected chi connectivity index (χ0v) is 15.4. The van der Waals surface area contributed by atoms with Crippen molar-refractivity contribution in [3.8, 4) is 0 Å². The number of carbonyl (C=O) groups excluding carboxylic acids is 1. The second kappa shape index (κ2) is 8.12. The monoisotopic (exact) mass is 316 g/mol. The second-order valence-electron chi connectivity index (χ2n) is 6.15. The molecule has 1 rings (SSSR count). The molecule has 0 radical (unpaired) electrons. The maximum Gasteiger partial charge on any atom is 0.282 e. The number of aryl methyl sites for hydroxylation is 2. The Morgan fingerprint density at radius 2 is 1.61 bits per heavy atom. The van der Waals surface area contributed by atoms with Crippen LogP contribution in [-0.2, 0) is 4.79 Å². The predicted molar refractivity (Wildman–Crippen MR) is 96.8 cm³/mol. The van der Waals surface area contributed by atoms with Gasteiger partial charge in [-0.15, -0.1) is 0 Å². The third-order valence-electron chi connectivity index (χ3n) is 5.13. The Hall–Kier alpha value is -1.86.